The fourth-order valence-corrected chi connectivity index (χ4v) is 1.81. The van der Waals surface area contributed by atoms with Crippen LogP contribution in [0.2, 0.25) is 0 Å². The maximum atomic E-state index is 12.1. The predicted molar refractivity (Wildman–Crippen MR) is 93.5 cm³/mol. The number of carbonyl (C=O) groups excluding carboxylic acids is 4. The first-order valence-electron chi connectivity index (χ1n) is 8.97. The molecule has 0 rings (SSSR count). The number of rotatable bonds is 14. The minimum Gasteiger partial charge on any atom is -0.447 e. The molecule has 0 aromatic carbocycles. The molecule has 0 bridgehead atoms. The van der Waals surface area contributed by atoms with Gasteiger partial charge in [-0.05, 0) is 6.42 Å². The van der Waals surface area contributed by atoms with Crippen molar-refractivity contribution in [3.05, 3.63) is 0 Å². The van der Waals surface area contributed by atoms with E-state index in [0.717, 1.165) is 0 Å². The summed E-state index contributed by atoms with van der Waals surface area (Å²) in [6.45, 7) is -3.68. The van der Waals surface area contributed by atoms with E-state index in [4.69, 9.17) is 25.2 Å². The average molecular weight is 474 g/mol. The zero-order valence-corrected chi connectivity index (χ0v) is 16.8. The van der Waals surface area contributed by atoms with E-state index < -0.39 is 93.2 Å². The molecule has 0 radical (unpaired) electrons. The quantitative estimate of drug-likeness (QED) is 0.0859. The lowest BCUT2D eigenvalue weighted by molar-refractivity contribution is -0.370. The van der Waals surface area contributed by atoms with Gasteiger partial charge in [-0.1, -0.05) is 6.92 Å². The molecule has 8 N–H and O–H groups in total. The van der Waals surface area contributed by atoms with E-state index >= 15 is 0 Å². The lowest BCUT2D eigenvalue weighted by Crippen LogP contribution is -2.58. The Morgan fingerprint density at radius 1 is 0.625 bits per heavy atom. The van der Waals surface area contributed by atoms with Crippen molar-refractivity contribution in [3.8, 4) is 0 Å². The molecule has 16 nitrogen and oxygen atoms in total. The van der Waals surface area contributed by atoms with Gasteiger partial charge in [-0.3, -0.25) is 0 Å². The molecule has 0 fully saturated rings. The Morgan fingerprint density at radius 3 is 1.16 bits per heavy atom. The molecular formula is C16H26O16. The summed E-state index contributed by atoms with van der Waals surface area (Å²) in [6.07, 6.45) is -11.8. The van der Waals surface area contributed by atoms with Crippen molar-refractivity contribution in [1.82, 2.24) is 0 Å². The van der Waals surface area contributed by atoms with E-state index in [1.54, 1.807) is 0 Å². The smallest absolute Gasteiger partial charge is 0.447 e. The molecule has 0 aromatic heterocycles. The van der Waals surface area contributed by atoms with Gasteiger partial charge >= 0.3 is 29.9 Å². The molecule has 0 aliphatic rings. The minimum atomic E-state index is -3.51. The van der Waals surface area contributed by atoms with Gasteiger partial charge in [0.25, 0.3) is 0 Å². The molecule has 186 valence electrons. The van der Waals surface area contributed by atoms with Gasteiger partial charge in [-0.25, -0.2) is 19.2 Å². The average Bonchev–Trinajstić information content (AvgIpc) is 2.79. The van der Waals surface area contributed by atoms with Crippen LogP contribution in [0, 0.1) is 0 Å². The first kappa shape index (κ1) is 29.6. The molecule has 0 saturated heterocycles. The molecular weight excluding hydrogens is 448 g/mol. The summed E-state index contributed by atoms with van der Waals surface area (Å²) in [7, 11) is 0. The summed E-state index contributed by atoms with van der Waals surface area (Å²) in [5.41, 5.74) is 0. The number of aliphatic hydroxyl groups excluding tert-OH is 8. The number of ether oxygens (including phenoxy) is 4. The maximum Gasteiger partial charge on any atom is 0.463 e. The lowest BCUT2D eigenvalue weighted by Gasteiger charge is -2.37. The van der Waals surface area contributed by atoms with Crippen LogP contribution in [0.3, 0.4) is 0 Å². The fourth-order valence-electron chi connectivity index (χ4n) is 1.81. The molecule has 0 aliphatic carbocycles. The molecule has 32 heavy (non-hydrogen) atoms. The van der Waals surface area contributed by atoms with Gasteiger partial charge in [0.2, 0.25) is 6.10 Å². The molecule has 5 unspecified atom stereocenters. The normalized spacial score (nSPS) is 17.7. The molecule has 0 heterocycles. The van der Waals surface area contributed by atoms with E-state index in [1.165, 1.54) is 6.92 Å². The second-order valence-corrected chi connectivity index (χ2v) is 5.99. The number of carbonyl (C=O) groups is 4. The van der Waals surface area contributed by atoms with Crippen molar-refractivity contribution < 1.29 is 79.0 Å². The van der Waals surface area contributed by atoms with Gasteiger partial charge in [0.15, 0.2) is 24.4 Å². The van der Waals surface area contributed by atoms with Gasteiger partial charge in [0.05, 0.1) is 26.4 Å². The van der Waals surface area contributed by atoms with Gasteiger partial charge in [0, 0.05) is 0 Å². The predicted octanol–water partition coefficient (Wildman–Crippen LogP) is -6.00. The second kappa shape index (κ2) is 13.9. The standard InChI is InChI=1S/C16H26O16/c1-2-11(29-12(25)7(21)3-17)16(30-13(26)8(22)4-18,31-14(27)9(23)5-19)32-15(28)10(24)6-20/h7-11,17-24H,2-6H2,1H3. The number of hydrogen-bond donors (Lipinski definition) is 8. The first-order valence-corrected chi connectivity index (χ1v) is 8.97. The summed E-state index contributed by atoms with van der Waals surface area (Å²) in [6, 6.07) is 0. The molecule has 0 saturated carbocycles. The SMILES string of the molecule is CCC(OC(=O)C(O)CO)C(OC(=O)C(O)CO)(OC(=O)C(O)CO)OC(=O)C(O)CO. The zero-order chi connectivity index (χ0) is 25.1. The Morgan fingerprint density at radius 2 is 0.906 bits per heavy atom. The first-order chi connectivity index (χ1) is 14.9. The highest BCUT2D eigenvalue weighted by Gasteiger charge is 2.55. The maximum absolute atomic E-state index is 12.1. The van der Waals surface area contributed by atoms with Crippen LogP contribution in [0.25, 0.3) is 0 Å². The van der Waals surface area contributed by atoms with E-state index in [1.807, 2.05) is 0 Å². The molecule has 5 atom stereocenters. The Balaban J connectivity index is 6.49. The van der Waals surface area contributed by atoms with Crippen LogP contribution in [0.5, 0.6) is 0 Å². The largest absolute Gasteiger partial charge is 0.463 e. The summed E-state index contributed by atoms with van der Waals surface area (Å²) in [5.74, 6) is -10.6. The monoisotopic (exact) mass is 474 g/mol. The fraction of sp³-hybridized carbons (Fsp3) is 0.750. The Kier molecular flexibility index (Phi) is 12.8. The van der Waals surface area contributed by atoms with Crippen LogP contribution in [-0.2, 0) is 38.1 Å². The lowest BCUT2D eigenvalue weighted by atomic mass is 10.2. The van der Waals surface area contributed by atoms with Crippen LogP contribution in [0.4, 0.5) is 0 Å². The van der Waals surface area contributed by atoms with Crippen molar-refractivity contribution in [2.75, 3.05) is 26.4 Å². The van der Waals surface area contributed by atoms with E-state index in [-0.39, 0.29) is 0 Å². The minimum absolute atomic E-state index is 0.544. The van der Waals surface area contributed by atoms with Crippen molar-refractivity contribution in [1.29, 1.82) is 0 Å². The van der Waals surface area contributed by atoms with E-state index in [9.17, 15) is 39.6 Å². The summed E-state index contributed by atoms with van der Waals surface area (Å²) < 4.78 is 18.7. The van der Waals surface area contributed by atoms with Crippen molar-refractivity contribution in [2.45, 2.75) is 49.8 Å². The van der Waals surface area contributed by atoms with Crippen molar-refractivity contribution in [3.63, 3.8) is 0 Å². The van der Waals surface area contributed by atoms with Gasteiger partial charge < -0.3 is 59.8 Å². The zero-order valence-electron chi connectivity index (χ0n) is 16.8. The molecule has 16 heteroatoms. The third-order valence-electron chi connectivity index (χ3n) is 3.53. The molecule has 0 amide bonds. The van der Waals surface area contributed by atoms with Crippen LogP contribution in [0.1, 0.15) is 13.3 Å². The van der Waals surface area contributed by atoms with Gasteiger partial charge in [0.1, 0.15) is 0 Å². The third kappa shape index (κ3) is 8.24. The highest BCUT2D eigenvalue weighted by molar-refractivity contribution is 5.79. The van der Waals surface area contributed by atoms with E-state index in [0.29, 0.717) is 0 Å². The van der Waals surface area contributed by atoms with Crippen LogP contribution in [0.15, 0.2) is 0 Å². The molecule has 0 aliphatic heterocycles. The Bertz CT molecular complexity index is 576. The van der Waals surface area contributed by atoms with Crippen molar-refractivity contribution >= 4 is 23.9 Å². The second-order valence-electron chi connectivity index (χ2n) is 5.99. The number of hydrogen-bond acceptors (Lipinski definition) is 16. The van der Waals surface area contributed by atoms with Gasteiger partial charge in [-0.15, -0.1) is 0 Å². The van der Waals surface area contributed by atoms with E-state index in [2.05, 4.69) is 14.2 Å². The number of esters is 4. The summed E-state index contributed by atoms with van der Waals surface area (Å²) in [4.78, 5) is 48.1. The molecule has 0 spiro atoms. The van der Waals surface area contributed by atoms with Crippen LogP contribution >= 0.6 is 0 Å². The van der Waals surface area contributed by atoms with Gasteiger partial charge in [-0.2, -0.15) is 0 Å². The summed E-state index contributed by atoms with van der Waals surface area (Å²) >= 11 is 0. The highest BCUT2D eigenvalue weighted by atomic mass is 16.9. The van der Waals surface area contributed by atoms with Crippen molar-refractivity contribution in [2.24, 2.45) is 0 Å². The Hall–Kier alpha value is -2.44. The molecule has 0 aromatic rings. The highest BCUT2D eigenvalue weighted by Crippen LogP contribution is 2.28. The van der Waals surface area contributed by atoms with Crippen LogP contribution < -0.4 is 0 Å². The van der Waals surface area contributed by atoms with Crippen LogP contribution in [-0.4, -0.2) is 128 Å². The Labute approximate surface area is 180 Å². The summed E-state index contributed by atoms with van der Waals surface area (Å²) in [5, 5.41) is 73.4. The number of aliphatic hydroxyl groups is 8. The topological polar surface area (TPSA) is 267 Å². The third-order valence-corrected chi connectivity index (χ3v) is 3.53.